The molecule has 1 N–H and O–H groups in total. The SMILES string of the molecule is CCCC1(C)C(OC)=C2C(=O)N(CC)CC3CC(C)C(=C1C(=O)NCc1ccc(F)cc1F)N23. The quantitative estimate of drug-likeness (QED) is 0.648. The number of hydrogen-bond acceptors (Lipinski definition) is 4. The van der Waals surface area contributed by atoms with Gasteiger partial charge in [0.05, 0.1) is 24.1 Å². The Kier molecular flexibility index (Phi) is 6.44. The van der Waals surface area contributed by atoms with Crippen molar-refractivity contribution >= 4 is 11.8 Å². The van der Waals surface area contributed by atoms with Crippen LogP contribution in [-0.4, -0.2) is 47.9 Å². The van der Waals surface area contributed by atoms with E-state index in [1.165, 1.54) is 12.1 Å². The average molecular weight is 474 g/mol. The third-order valence-corrected chi connectivity index (χ3v) is 7.42. The number of methoxy groups -OCH3 is 1. The minimum absolute atomic E-state index is 0.0663. The predicted molar refractivity (Wildman–Crippen MR) is 124 cm³/mol. The number of ether oxygens (including phenoxy) is 1. The molecule has 0 bridgehead atoms. The number of carbonyl (C=O) groups excluding carboxylic acids is 2. The molecule has 8 heteroatoms. The molecule has 3 atom stereocenters. The first-order chi connectivity index (χ1) is 16.2. The van der Waals surface area contributed by atoms with E-state index in [2.05, 4.69) is 12.2 Å². The highest BCUT2D eigenvalue weighted by molar-refractivity contribution is 6.01. The third-order valence-electron chi connectivity index (χ3n) is 7.42. The Morgan fingerprint density at radius 2 is 2.03 bits per heavy atom. The van der Waals surface area contributed by atoms with Crippen LogP contribution in [0.4, 0.5) is 8.78 Å². The molecule has 2 saturated heterocycles. The second-order valence-electron chi connectivity index (χ2n) is 9.65. The van der Waals surface area contributed by atoms with E-state index in [-0.39, 0.29) is 35.9 Å². The van der Waals surface area contributed by atoms with Crippen LogP contribution in [0.1, 0.15) is 52.5 Å². The molecule has 0 spiro atoms. The molecule has 0 aliphatic carbocycles. The van der Waals surface area contributed by atoms with Crippen LogP contribution in [0.25, 0.3) is 0 Å². The van der Waals surface area contributed by atoms with Crippen LogP contribution in [0.3, 0.4) is 0 Å². The standard InChI is InChI=1S/C26H33F2N3O3/c1-6-10-26(4)20(24(32)29-13-16-8-9-17(27)12-19(16)28)21-15(3)11-18-14-30(7-2)25(33)22(31(18)21)23(26)34-5/h8-9,12,15,18H,6-7,10-11,13-14H2,1-5H3,(H,29,32). The monoisotopic (exact) mass is 473 g/mol. The summed E-state index contributed by atoms with van der Waals surface area (Å²) >= 11 is 0. The van der Waals surface area contributed by atoms with Gasteiger partial charge in [0.25, 0.3) is 5.91 Å². The molecular formula is C26H33F2N3O3. The van der Waals surface area contributed by atoms with Crippen molar-refractivity contribution in [3.8, 4) is 0 Å². The van der Waals surface area contributed by atoms with Crippen molar-refractivity contribution < 1.29 is 23.1 Å². The molecule has 2 fully saturated rings. The first kappa shape index (κ1) is 24.2. The Balaban J connectivity index is 1.80. The maximum absolute atomic E-state index is 14.2. The van der Waals surface area contributed by atoms with Crippen molar-refractivity contribution in [3.05, 3.63) is 58.1 Å². The average Bonchev–Trinajstić information content (AvgIpc) is 3.10. The van der Waals surface area contributed by atoms with E-state index in [1.54, 1.807) is 7.11 Å². The highest BCUT2D eigenvalue weighted by atomic mass is 19.1. The summed E-state index contributed by atoms with van der Waals surface area (Å²) < 4.78 is 33.4. The number of amides is 2. The summed E-state index contributed by atoms with van der Waals surface area (Å²) in [6, 6.07) is 3.40. The van der Waals surface area contributed by atoms with Crippen molar-refractivity contribution in [3.63, 3.8) is 0 Å². The van der Waals surface area contributed by atoms with Crippen LogP contribution in [0, 0.1) is 23.0 Å². The summed E-state index contributed by atoms with van der Waals surface area (Å²) in [7, 11) is 1.55. The minimum Gasteiger partial charge on any atom is -0.498 e. The Morgan fingerprint density at radius 1 is 1.29 bits per heavy atom. The summed E-state index contributed by atoms with van der Waals surface area (Å²) in [5.74, 6) is -1.17. The van der Waals surface area contributed by atoms with Crippen molar-refractivity contribution in [2.75, 3.05) is 20.2 Å². The molecule has 3 aliphatic heterocycles. The highest BCUT2D eigenvalue weighted by Crippen LogP contribution is 2.54. The van der Waals surface area contributed by atoms with Crippen molar-refractivity contribution in [2.24, 2.45) is 11.3 Å². The number of halogens is 2. The van der Waals surface area contributed by atoms with E-state index < -0.39 is 17.0 Å². The van der Waals surface area contributed by atoms with E-state index in [1.807, 2.05) is 30.6 Å². The van der Waals surface area contributed by atoms with Crippen molar-refractivity contribution in [2.45, 2.75) is 59.5 Å². The number of hydrogen-bond donors (Lipinski definition) is 1. The topological polar surface area (TPSA) is 61.9 Å². The van der Waals surface area contributed by atoms with E-state index in [0.717, 1.165) is 24.6 Å². The molecule has 6 nitrogen and oxygen atoms in total. The molecule has 0 aromatic heterocycles. The normalized spacial score (nSPS) is 26.3. The fourth-order valence-corrected chi connectivity index (χ4v) is 5.97. The van der Waals surface area contributed by atoms with Gasteiger partial charge in [0.2, 0.25) is 5.91 Å². The van der Waals surface area contributed by atoms with Crippen LogP contribution < -0.4 is 5.32 Å². The molecule has 184 valence electrons. The molecule has 3 unspecified atom stereocenters. The van der Waals surface area contributed by atoms with E-state index in [9.17, 15) is 18.4 Å². The van der Waals surface area contributed by atoms with Gasteiger partial charge in [0, 0.05) is 37.0 Å². The zero-order chi connectivity index (χ0) is 24.8. The minimum atomic E-state index is -0.814. The Morgan fingerprint density at radius 3 is 2.65 bits per heavy atom. The summed E-state index contributed by atoms with van der Waals surface area (Å²) in [6.45, 7) is 9.19. The summed E-state index contributed by atoms with van der Waals surface area (Å²) in [5, 5.41) is 2.86. The fourth-order valence-electron chi connectivity index (χ4n) is 5.97. The Bertz CT molecular complexity index is 1080. The van der Waals surface area contributed by atoms with Gasteiger partial charge in [-0.2, -0.15) is 0 Å². The van der Waals surface area contributed by atoms with Crippen LogP contribution in [0.15, 0.2) is 40.9 Å². The van der Waals surface area contributed by atoms with Gasteiger partial charge < -0.3 is 19.9 Å². The second-order valence-corrected chi connectivity index (χ2v) is 9.65. The Labute approximate surface area is 199 Å². The number of likely N-dealkylation sites (N-methyl/N-ethyl adjacent to an activating group) is 1. The lowest BCUT2D eigenvalue weighted by Gasteiger charge is -2.48. The van der Waals surface area contributed by atoms with E-state index >= 15 is 0 Å². The number of nitrogens with one attached hydrogen (secondary N) is 1. The third kappa shape index (κ3) is 3.67. The maximum Gasteiger partial charge on any atom is 0.274 e. The smallest absolute Gasteiger partial charge is 0.274 e. The summed E-state index contributed by atoms with van der Waals surface area (Å²) in [4.78, 5) is 31.1. The predicted octanol–water partition coefficient (Wildman–Crippen LogP) is 4.09. The zero-order valence-corrected chi connectivity index (χ0v) is 20.5. The first-order valence-corrected chi connectivity index (χ1v) is 12.0. The van der Waals surface area contributed by atoms with Crippen molar-refractivity contribution in [1.29, 1.82) is 0 Å². The van der Waals surface area contributed by atoms with Gasteiger partial charge >= 0.3 is 0 Å². The molecular weight excluding hydrogens is 440 g/mol. The molecule has 1 aromatic carbocycles. The van der Waals surface area contributed by atoms with Gasteiger partial charge in [0.15, 0.2) is 0 Å². The summed E-state index contributed by atoms with van der Waals surface area (Å²) in [6.07, 6.45) is 2.21. The molecule has 2 amide bonds. The molecule has 0 radical (unpaired) electrons. The van der Waals surface area contributed by atoms with Gasteiger partial charge in [0.1, 0.15) is 23.1 Å². The lowest BCUT2D eigenvalue weighted by atomic mass is 9.71. The van der Waals surface area contributed by atoms with Gasteiger partial charge in [-0.25, -0.2) is 8.78 Å². The van der Waals surface area contributed by atoms with Crippen LogP contribution in [-0.2, 0) is 20.9 Å². The molecule has 4 rings (SSSR count). The molecule has 34 heavy (non-hydrogen) atoms. The highest BCUT2D eigenvalue weighted by Gasteiger charge is 2.56. The number of nitrogens with zero attached hydrogens (tertiary/aromatic N) is 2. The van der Waals surface area contributed by atoms with E-state index in [4.69, 9.17) is 4.74 Å². The first-order valence-electron chi connectivity index (χ1n) is 12.0. The zero-order valence-electron chi connectivity index (χ0n) is 20.5. The Hall–Kier alpha value is -2.90. The lowest BCUT2D eigenvalue weighted by Crippen LogP contribution is -2.55. The maximum atomic E-state index is 14.2. The largest absolute Gasteiger partial charge is 0.498 e. The van der Waals surface area contributed by atoms with Gasteiger partial charge in [-0.3, -0.25) is 9.59 Å². The number of benzene rings is 1. The molecule has 3 heterocycles. The lowest BCUT2D eigenvalue weighted by molar-refractivity contribution is -0.133. The van der Waals surface area contributed by atoms with Crippen LogP contribution in [0.5, 0.6) is 0 Å². The second kappa shape index (κ2) is 9.04. The van der Waals surface area contributed by atoms with Crippen molar-refractivity contribution in [1.82, 2.24) is 15.1 Å². The van der Waals surface area contributed by atoms with Gasteiger partial charge in [-0.15, -0.1) is 0 Å². The van der Waals surface area contributed by atoms with Gasteiger partial charge in [-0.1, -0.05) is 26.3 Å². The number of carbonyl (C=O) groups is 2. The van der Waals surface area contributed by atoms with Crippen LogP contribution in [0.2, 0.25) is 0 Å². The van der Waals surface area contributed by atoms with Gasteiger partial charge in [-0.05, 0) is 38.7 Å². The number of allylic oxidation sites excluding steroid dienone is 2. The summed E-state index contributed by atoms with van der Waals surface area (Å²) in [5.41, 5.74) is 1.37. The van der Waals surface area contributed by atoms with Crippen LogP contribution >= 0.6 is 0 Å². The number of rotatable bonds is 7. The van der Waals surface area contributed by atoms with E-state index in [0.29, 0.717) is 36.5 Å². The molecule has 3 aliphatic rings. The fraction of sp³-hybridized carbons (Fsp3) is 0.538. The number of piperazine rings is 1. The molecule has 0 saturated carbocycles. The molecule has 1 aromatic rings.